The summed E-state index contributed by atoms with van der Waals surface area (Å²) in [6.07, 6.45) is 1.33. The van der Waals surface area contributed by atoms with Gasteiger partial charge in [0.15, 0.2) is 5.82 Å². The molecule has 0 amide bonds. The second-order valence-corrected chi connectivity index (χ2v) is 4.50. The summed E-state index contributed by atoms with van der Waals surface area (Å²) in [5, 5.41) is 0. The van der Waals surface area contributed by atoms with Crippen LogP contribution in [-0.2, 0) is 0 Å². The summed E-state index contributed by atoms with van der Waals surface area (Å²) in [4.78, 5) is 20.3. The van der Waals surface area contributed by atoms with Crippen molar-refractivity contribution in [2.45, 2.75) is 0 Å². The largest absolute Gasteiger partial charge is 0.488 e. The summed E-state index contributed by atoms with van der Waals surface area (Å²) in [6.45, 7) is 0. The zero-order valence-corrected chi connectivity index (χ0v) is 11.9. The summed E-state index contributed by atoms with van der Waals surface area (Å²) in [5.74, 6) is 0.562. The van der Waals surface area contributed by atoms with Crippen molar-refractivity contribution in [3.63, 3.8) is 0 Å². The van der Waals surface area contributed by atoms with Gasteiger partial charge in [0.05, 0.1) is 13.4 Å². The van der Waals surface area contributed by atoms with Crippen molar-refractivity contribution in [2.24, 2.45) is 5.73 Å². The molecule has 0 spiro atoms. The molecule has 1 aromatic carbocycles. The molecule has 0 radical (unpaired) electrons. The average Bonchev–Trinajstić information content (AvgIpc) is 2.46. The Labute approximate surface area is 121 Å². The summed E-state index contributed by atoms with van der Waals surface area (Å²) in [6, 6.07) is 7.34. The van der Waals surface area contributed by atoms with Gasteiger partial charge in [0.25, 0.3) is 5.56 Å². The fourth-order valence-corrected chi connectivity index (χ4v) is 1.92. The van der Waals surface area contributed by atoms with E-state index in [0.29, 0.717) is 10.8 Å². The highest BCUT2D eigenvalue weighted by Gasteiger charge is 2.15. The van der Waals surface area contributed by atoms with Crippen LogP contribution < -0.4 is 20.9 Å². The number of hydrogen-bond acceptors (Lipinski definition) is 5. The Bertz CT molecular complexity index is 699. The van der Waals surface area contributed by atoms with E-state index in [1.165, 1.54) is 13.4 Å². The normalized spacial score (nSPS) is 10.1. The van der Waals surface area contributed by atoms with Crippen molar-refractivity contribution in [1.29, 1.82) is 0 Å². The second-order valence-electron chi connectivity index (χ2n) is 4.06. The first-order chi connectivity index (χ1) is 9.54. The number of thiocarbonyl (C=S) groups is 1. The van der Waals surface area contributed by atoms with Gasteiger partial charge in [0.1, 0.15) is 4.99 Å². The molecule has 0 bridgehead atoms. The Hall–Kier alpha value is -2.41. The highest BCUT2D eigenvalue weighted by molar-refractivity contribution is 7.80. The van der Waals surface area contributed by atoms with E-state index in [1.54, 1.807) is 11.9 Å². The molecule has 7 heteroatoms. The van der Waals surface area contributed by atoms with Gasteiger partial charge in [-0.2, -0.15) is 0 Å². The molecule has 0 aliphatic rings. The SMILES string of the molecule is COc1c(N(C)c2cccc(C(N)=S)c2)nc[nH]c1=O. The van der Waals surface area contributed by atoms with E-state index in [2.05, 4.69) is 9.97 Å². The number of aromatic amines is 1. The van der Waals surface area contributed by atoms with Crippen molar-refractivity contribution in [1.82, 2.24) is 9.97 Å². The lowest BCUT2D eigenvalue weighted by atomic mass is 10.2. The highest BCUT2D eigenvalue weighted by atomic mass is 32.1. The number of ether oxygens (including phenoxy) is 1. The van der Waals surface area contributed by atoms with E-state index >= 15 is 0 Å². The van der Waals surface area contributed by atoms with Gasteiger partial charge in [-0.25, -0.2) is 4.98 Å². The molecule has 0 fully saturated rings. The monoisotopic (exact) mass is 290 g/mol. The van der Waals surface area contributed by atoms with Crippen molar-refractivity contribution in [3.05, 3.63) is 46.5 Å². The predicted molar refractivity (Wildman–Crippen MR) is 81.8 cm³/mol. The third-order valence-corrected chi connectivity index (χ3v) is 3.07. The number of hydrogen-bond donors (Lipinski definition) is 2. The summed E-state index contributed by atoms with van der Waals surface area (Å²) in [7, 11) is 3.21. The van der Waals surface area contributed by atoms with Crippen LogP contribution in [0, 0.1) is 0 Å². The predicted octanol–water partition coefficient (Wildman–Crippen LogP) is 1.18. The van der Waals surface area contributed by atoms with Gasteiger partial charge in [-0.1, -0.05) is 24.4 Å². The van der Waals surface area contributed by atoms with Crippen LogP contribution in [0.4, 0.5) is 11.5 Å². The first-order valence-corrected chi connectivity index (χ1v) is 6.20. The van der Waals surface area contributed by atoms with E-state index in [0.717, 1.165) is 11.3 Å². The summed E-state index contributed by atoms with van der Waals surface area (Å²) >= 11 is 4.96. The van der Waals surface area contributed by atoms with Crippen LogP contribution in [0.5, 0.6) is 5.75 Å². The molecule has 1 heterocycles. The Morgan fingerprint density at radius 2 is 2.25 bits per heavy atom. The fourth-order valence-electron chi connectivity index (χ4n) is 1.79. The van der Waals surface area contributed by atoms with Crippen molar-refractivity contribution >= 4 is 28.7 Å². The van der Waals surface area contributed by atoms with Crippen molar-refractivity contribution in [3.8, 4) is 5.75 Å². The molecule has 0 atom stereocenters. The maximum Gasteiger partial charge on any atom is 0.295 e. The third kappa shape index (κ3) is 2.62. The van der Waals surface area contributed by atoms with Crippen LogP contribution >= 0.6 is 12.2 Å². The zero-order chi connectivity index (χ0) is 14.7. The van der Waals surface area contributed by atoms with Crippen molar-refractivity contribution < 1.29 is 4.74 Å². The zero-order valence-electron chi connectivity index (χ0n) is 11.1. The van der Waals surface area contributed by atoms with E-state index < -0.39 is 0 Å². The van der Waals surface area contributed by atoms with Gasteiger partial charge in [-0.3, -0.25) is 4.79 Å². The minimum absolute atomic E-state index is 0.149. The van der Waals surface area contributed by atoms with Crippen LogP contribution in [0.3, 0.4) is 0 Å². The Balaban J connectivity index is 2.49. The van der Waals surface area contributed by atoms with Crippen LogP contribution in [0.2, 0.25) is 0 Å². The number of aromatic nitrogens is 2. The molecular weight excluding hydrogens is 276 g/mol. The number of nitrogens with two attached hydrogens (primary N) is 1. The van der Waals surface area contributed by atoms with Gasteiger partial charge in [-0.15, -0.1) is 0 Å². The third-order valence-electron chi connectivity index (χ3n) is 2.83. The van der Waals surface area contributed by atoms with Crippen LogP contribution in [-0.4, -0.2) is 29.1 Å². The molecule has 2 rings (SSSR count). The topological polar surface area (TPSA) is 84.2 Å². The Morgan fingerprint density at radius 3 is 2.90 bits per heavy atom. The van der Waals surface area contributed by atoms with Gasteiger partial charge in [-0.05, 0) is 12.1 Å². The number of anilines is 2. The highest BCUT2D eigenvalue weighted by Crippen LogP contribution is 2.27. The quantitative estimate of drug-likeness (QED) is 0.823. The second kappa shape index (κ2) is 5.70. The minimum Gasteiger partial charge on any atom is -0.488 e. The number of benzene rings is 1. The molecule has 20 heavy (non-hydrogen) atoms. The maximum atomic E-state index is 11.7. The molecule has 0 saturated heterocycles. The standard InChI is InChI=1S/C13H14N4O2S/c1-17(9-5-3-4-8(6-9)11(14)20)12-10(19-2)13(18)16-7-15-12/h3-7H,1-2H3,(H2,14,20)(H,15,16,18). The van der Waals surface area contributed by atoms with Crippen molar-refractivity contribution in [2.75, 3.05) is 19.1 Å². The average molecular weight is 290 g/mol. The van der Waals surface area contributed by atoms with Gasteiger partial charge < -0.3 is 20.4 Å². The molecule has 0 unspecified atom stereocenters. The maximum absolute atomic E-state index is 11.7. The number of nitrogens with zero attached hydrogens (tertiary/aromatic N) is 2. The van der Waals surface area contributed by atoms with Gasteiger partial charge >= 0.3 is 0 Å². The minimum atomic E-state index is -0.338. The molecule has 3 N–H and O–H groups in total. The first-order valence-electron chi connectivity index (χ1n) is 5.80. The Morgan fingerprint density at radius 1 is 1.50 bits per heavy atom. The lowest BCUT2D eigenvalue weighted by molar-refractivity contribution is 0.407. The molecule has 1 aromatic heterocycles. The fraction of sp³-hybridized carbons (Fsp3) is 0.154. The summed E-state index contributed by atoms with van der Waals surface area (Å²) < 4.78 is 5.10. The molecular formula is C13H14N4O2S. The lowest BCUT2D eigenvalue weighted by Gasteiger charge is -2.20. The number of nitrogens with one attached hydrogen (secondary N) is 1. The molecule has 0 aliphatic carbocycles. The van der Waals surface area contributed by atoms with Crippen LogP contribution in [0.1, 0.15) is 5.56 Å². The molecule has 2 aromatic rings. The molecule has 104 valence electrons. The smallest absolute Gasteiger partial charge is 0.295 e. The number of H-pyrrole nitrogens is 1. The number of rotatable bonds is 4. The Kier molecular flexibility index (Phi) is 3.99. The molecule has 0 aliphatic heterocycles. The summed E-state index contributed by atoms with van der Waals surface area (Å²) in [5.41, 5.74) is 6.82. The first kappa shape index (κ1) is 14.0. The molecule has 6 nitrogen and oxygen atoms in total. The van der Waals surface area contributed by atoms with Crippen LogP contribution in [0.15, 0.2) is 35.4 Å². The van der Waals surface area contributed by atoms with Crippen LogP contribution in [0.25, 0.3) is 0 Å². The molecule has 0 saturated carbocycles. The van der Waals surface area contributed by atoms with E-state index in [4.69, 9.17) is 22.7 Å². The van der Waals surface area contributed by atoms with Gasteiger partial charge in [0.2, 0.25) is 5.75 Å². The van der Waals surface area contributed by atoms with E-state index in [1.807, 2.05) is 24.3 Å². The van der Waals surface area contributed by atoms with E-state index in [-0.39, 0.29) is 11.3 Å². The lowest BCUT2D eigenvalue weighted by Crippen LogP contribution is -2.19. The number of methoxy groups -OCH3 is 1. The van der Waals surface area contributed by atoms with E-state index in [9.17, 15) is 4.79 Å². The van der Waals surface area contributed by atoms with Gasteiger partial charge in [0, 0.05) is 18.3 Å².